The highest BCUT2D eigenvalue weighted by atomic mass is 16.3. The van der Waals surface area contributed by atoms with Crippen LogP contribution in [0.25, 0.3) is 0 Å². The first-order valence-electron chi connectivity index (χ1n) is 6.78. The summed E-state index contributed by atoms with van der Waals surface area (Å²) in [6, 6.07) is 19.8. The molecule has 0 amide bonds. The number of anilines is 2. The highest BCUT2D eigenvalue weighted by molar-refractivity contribution is 5.75. The van der Waals surface area contributed by atoms with Gasteiger partial charge in [0.05, 0.1) is 19.2 Å². The lowest BCUT2D eigenvalue weighted by atomic mass is 10.2. The zero-order valence-corrected chi connectivity index (χ0v) is 11.8. The smallest absolute Gasteiger partial charge is 0.185 e. The molecule has 110 valence electrons. The maximum atomic E-state index is 10.1. The van der Waals surface area contributed by atoms with Gasteiger partial charge >= 0.3 is 0 Å². The number of aliphatic hydroxyl groups is 1. The number of aliphatic hydroxyl groups excluding tert-OH is 1. The molecule has 0 heterocycles. The molecule has 0 aliphatic carbocycles. The van der Waals surface area contributed by atoms with Gasteiger partial charge in [-0.1, -0.05) is 36.4 Å². The number of hydrogen-bond acceptors (Lipinski definition) is 3. The molecular weight excluding hydrogens is 264 g/mol. The molecule has 2 rings (SSSR count). The quantitative estimate of drug-likeness (QED) is 0.553. The lowest BCUT2D eigenvalue weighted by Crippen LogP contribution is -2.32. The van der Waals surface area contributed by atoms with Crippen LogP contribution in [0.4, 0.5) is 11.4 Å². The molecule has 0 saturated carbocycles. The molecule has 0 fully saturated rings. The first-order chi connectivity index (χ1) is 10.2. The topological polar surface area (TPSA) is 87.9 Å². The minimum atomic E-state index is -0.660. The van der Waals surface area contributed by atoms with E-state index in [1.807, 2.05) is 65.6 Å². The van der Waals surface area contributed by atoms with E-state index in [1.165, 1.54) is 0 Å². The zero-order chi connectivity index (χ0) is 15.1. The number of para-hydroxylation sites is 2. The second-order valence-corrected chi connectivity index (χ2v) is 4.70. The molecule has 5 heteroatoms. The monoisotopic (exact) mass is 284 g/mol. The van der Waals surface area contributed by atoms with Crippen molar-refractivity contribution >= 4 is 17.3 Å². The van der Waals surface area contributed by atoms with Crippen molar-refractivity contribution in [3.63, 3.8) is 0 Å². The van der Waals surface area contributed by atoms with Gasteiger partial charge in [0.25, 0.3) is 0 Å². The van der Waals surface area contributed by atoms with Gasteiger partial charge in [0, 0.05) is 11.4 Å². The summed E-state index contributed by atoms with van der Waals surface area (Å²) in [5.41, 5.74) is 12.6. The van der Waals surface area contributed by atoms with Gasteiger partial charge in [-0.25, -0.2) is 0 Å². The normalized spacial score (nSPS) is 11.7. The SMILES string of the molecule is NC(N)=NC[C@H](O)CN(c1ccccc1)c1ccccc1. The van der Waals surface area contributed by atoms with E-state index < -0.39 is 6.10 Å². The Labute approximate surface area is 124 Å². The Kier molecular flexibility index (Phi) is 5.17. The van der Waals surface area contributed by atoms with Crippen molar-refractivity contribution in [3.05, 3.63) is 60.7 Å². The fourth-order valence-corrected chi connectivity index (χ4v) is 2.06. The van der Waals surface area contributed by atoms with Crippen molar-refractivity contribution < 1.29 is 5.11 Å². The molecule has 0 aromatic heterocycles. The van der Waals surface area contributed by atoms with Gasteiger partial charge in [-0.15, -0.1) is 0 Å². The largest absolute Gasteiger partial charge is 0.389 e. The van der Waals surface area contributed by atoms with E-state index in [1.54, 1.807) is 0 Å². The van der Waals surface area contributed by atoms with Gasteiger partial charge in [-0.05, 0) is 24.3 Å². The fraction of sp³-hybridized carbons (Fsp3) is 0.188. The minimum absolute atomic E-state index is 0.0139. The van der Waals surface area contributed by atoms with Crippen LogP contribution in [0, 0.1) is 0 Å². The molecule has 2 aromatic carbocycles. The lowest BCUT2D eigenvalue weighted by Gasteiger charge is -2.27. The molecule has 0 aliphatic rings. The van der Waals surface area contributed by atoms with Crippen molar-refractivity contribution in [2.45, 2.75) is 6.10 Å². The van der Waals surface area contributed by atoms with Gasteiger partial charge in [-0.2, -0.15) is 0 Å². The number of nitrogens with two attached hydrogens (primary N) is 2. The molecule has 0 bridgehead atoms. The van der Waals surface area contributed by atoms with E-state index in [-0.39, 0.29) is 12.5 Å². The summed E-state index contributed by atoms with van der Waals surface area (Å²) in [6.45, 7) is 0.587. The maximum Gasteiger partial charge on any atom is 0.185 e. The Morgan fingerprint density at radius 1 is 0.952 bits per heavy atom. The van der Waals surface area contributed by atoms with E-state index in [0.29, 0.717) is 6.54 Å². The van der Waals surface area contributed by atoms with Gasteiger partial charge in [-0.3, -0.25) is 4.99 Å². The van der Waals surface area contributed by atoms with Crippen molar-refractivity contribution in [1.82, 2.24) is 0 Å². The average molecular weight is 284 g/mol. The molecule has 0 aliphatic heterocycles. The summed E-state index contributed by atoms with van der Waals surface area (Å²) >= 11 is 0. The molecule has 5 N–H and O–H groups in total. The van der Waals surface area contributed by atoms with Crippen molar-refractivity contribution in [2.24, 2.45) is 16.5 Å². The number of nitrogens with zero attached hydrogens (tertiary/aromatic N) is 2. The van der Waals surface area contributed by atoms with Crippen molar-refractivity contribution in [1.29, 1.82) is 0 Å². The maximum absolute atomic E-state index is 10.1. The first-order valence-corrected chi connectivity index (χ1v) is 6.78. The molecule has 5 nitrogen and oxygen atoms in total. The standard InChI is InChI=1S/C16H20N4O/c17-16(18)19-11-15(21)12-20(13-7-3-1-4-8-13)14-9-5-2-6-10-14/h1-10,15,21H,11-12H2,(H4,17,18,19)/t15-/m0/s1. The Bertz CT molecular complexity index is 528. The first kappa shape index (κ1) is 14.9. The van der Waals surface area contributed by atoms with E-state index >= 15 is 0 Å². The summed E-state index contributed by atoms with van der Waals surface area (Å²) in [6.07, 6.45) is -0.660. The zero-order valence-electron chi connectivity index (χ0n) is 11.8. The van der Waals surface area contributed by atoms with Crippen LogP contribution in [0.5, 0.6) is 0 Å². The third-order valence-electron chi connectivity index (χ3n) is 3.01. The van der Waals surface area contributed by atoms with E-state index in [0.717, 1.165) is 11.4 Å². The minimum Gasteiger partial charge on any atom is -0.389 e. The van der Waals surface area contributed by atoms with Crippen LogP contribution in [0.1, 0.15) is 0 Å². The summed E-state index contributed by atoms with van der Waals surface area (Å²) in [5, 5.41) is 10.1. The van der Waals surface area contributed by atoms with Crippen LogP contribution in [0.15, 0.2) is 65.7 Å². The van der Waals surface area contributed by atoms with Gasteiger partial charge in [0.2, 0.25) is 0 Å². The predicted octanol–water partition coefficient (Wildman–Crippen LogP) is 1.46. The van der Waals surface area contributed by atoms with Crippen LogP contribution in [-0.2, 0) is 0 Å². The van der Waals surface area contributed by atoms with Crippen LogP contribution in [0.2, 0.25) is 0 Å². The summed E-state index contributed by atoms with van der Waals surface area (Å²) < 4.78 is 0. The number of guanidine groups is 1. The number of benzene rings is 2. The molecule has 21 heavy (non-hydrogen) atoms. The Hall–Kier alpha value is -2.53. The Morgan fingerprint density at radius 3 is 1.86 bits per heavy atom. The number of rotatable bonds is 6. The molecule has 0 radical (unpaired) electrons. The highest BCUT2D eigenvalue weighted by Gasteiger charge is 2.14. The molecular formula is C16H20N4O. The highest BCUT2D eigenvalue weighted by Crippen LogP contribution is 2.24. The van der Waals surface area contributed by atoms with E-state index in [4.69, 9.17) is 11.5 Å². The van der Waals surface area contributed by atoms with Crippen molar-refractivity contribution in [3.8, 4) is 0 Å². The molecule has 0 spiro atoms. The van der Waals surface area contributed by atoms with Crippen LogP contribution < -0.4 is 16.4 Å². The Morgan fingerprint density at radius 2 is 1.43 bits per heavy atom. The van der Waals surface area contributed by atoms with Crippen molar-refractivity contribution in [2.75, 3.05) is 18.0 Å². The second kappa shape index (κ2) is 7.31. The van der Waals surface area contributed by atoms with Gasteiger partial charge in [0.1, 0.15) is 0 Å². The lowest BCUT2D eigenvalue weighted by molar-refractivity contribution is 0.191. The Balaban J connectivity index is 2.19. The third kappa shape index (κ3) is 4.50. The molecule has 2 aromatic rings. The van der Waals surface area contributed by atoms with Gasteiger partial charge < -0.3 is 21.5 Å². The fourth-order valence-electron chi connectivity index (χ4n) is 2.06. The summed E-state index contributed by atoms with van der Waals surface area (Å²) in [5.74, 6) is -0.0139. The van der Waals surface area contributed by atoms with Gasteiger partial charge in [0.15, 0.2) is 5.96 Å². The van der Waals surface area contributed by atoms with Crippen LogP contribution >= 0.6 is 0 Å². The number of hydrogen-bond donors (Lipinski definition) is 3. The van der Waals surface area contributed by atoms with Crippen LogP contribution in [-0.4, -0.2) is 30.3 Å². The van der Waals surface area contributed by atoms with Crippen LogP contribution in [0.3, 0.4) is 0 Å². The summed E-state index contributed by atoms with van der Waals surface area (Å²) in [7, 11) is 0. The second-order valence-electron chi connectivity index (χ2n) is 4.70. The predicted molar refractivity (Wildman–Crippen MR) is 86.6 cm³/mol. The molecule has 1 atom stereocenters. The third-order valence-corrected chi connectivity index (χ3v) is 3.01. The van der Waals surface area contributed by atoms with E-state index in [2.05, 4.69) is 4.99 Å². The molecule has 0 unspecified atom stereocenters. The van der Waals surface area contributed by atoms with E-state index in [9.17, 15) is 5.11 Å². The summed E-state index contributed by atoms with van der Waals surface area (Å²) in [4.78, 5) is 5.90. The average Bonchev–Trinajstić information content (AvgIpc) is 2.52. The molecule has 0 saturated heterocycles. The number of aliphatic imine (C=N–C) groups is 1.